The van der Waals surface area contributed by atoms with Crippen molar-refractivity contribution in [3.63, 3.8) is 0 Å². The largest absolute Gasteiger partial charge is 0.368 e. The molecule has 228 valence electrons. The number of anilines is 2. The zero-order valence-corrected chi connectivity index (χ0v) is 26.8. The number of fused-ring (bicyclic) bond motifs is 1. The lowest BCUT2D eigenvalue weighted by molar-refractivity contribution is 0.0907. The molecule has 0 spiro atoms. The van der Waals surface area contributed by atoms with Crippen molar-refractivity contribution in [3.8, 4) is 0 Å². The minimum absolute atomic E-state index is 0.269. The summed E-state index contributed by atoms with van der Waals surface area (Å²) in [5.41, 5.74) is 3.58. The van der Waals surface area contributed by atoms with Gasteiger partial charge >= 0.3 is 0 Å². The van der Waals surface area contributed by atoms with E-state index in [1.807, 2.05) is 31.2 Å². The summed E-state index contributed by atoms with van der Waals surface area (Å²) in [6.07, 6.45) is 6.98. The van der Waals surface area contributed by atoms with E-state index < -0.39 is 0 Å². The highest BCUT2D eigenvalue weighted by molar-refractivity contribution is 6.31. The zero-order valence-electron chi connectivity index (χ0n) is 25.3. The predicted octanol–water partition coefficient (Wildman–Crippen LogP) is 7.56. The highest BCUT2D eigenvalue weighted by Gasteiger charge is 2.26. The molecule has 44 heavy (non-hydrogen) atoms. The Hall–Kier alpha value is -3.42. The van der Waals surface area contributed by atoms with Gasteiger partial charge in [0.25, 0.3) is 0 Å². The van der Waals surface area contributed by atoms with E-state index in [4.69, 9.17) is 33.2 Å². The van der Waals surface area contributed by atoms with Crippen molar-refractivity contribution < 1.29 is 0 Å². The van der Waals surface area contributed by atoms with Crippen LogP contribution < -0.4 is 9.80 Å². The van der Waals surface area contributed by atoms with Crippen LogP contribution >= 0.6 is 23.2 Å². The molecule has 0 N–H and O–H groups in total. The minimum Gasteiger partial charge on any atom is -0.368 e. The molecule has 1 unspecified atom stereocenters. The molecule has 0 radical (unpaired) electrons. The normalized spacial score (nSPS) is 17.9. The quantitative estimate of drug-likeness (QED) is 0.179. The zero-order chi connectivity index (χ0) is 30.3. The van der Waals surface area contributed by atoms with Gasteiger partial charge < -0.3 is 9.80 Å². The summed E-state index contributed by atoms with van der Waals surface area (Å²) in [5, 5.41) is 2.65. The van der Waals surface area contributed by atoms with Crippen LogP contribution in [0.3, 0.4) is 0 Å². The Morgan fingerprint density at radius 3 is 2.20 bits per heavy atom. The van der Waals surface area contributed by atoms with Crippen LogP contribution in [-0.4, -0.2) is 72.1 Å². The lowest BCUT2D eigenvalue weighted by Crippen LogP contribution is -2.48. The first-order chi connectivity index (χ1) is 21.6. The average molecular weight is 628 g/mol. The van der Waals surface area contributed by atoms with Gasteiger partial charge in [0.15, 0.2) is 0 Å². The fraction of sp³-hybridized carbons (Fsp3) is 0.333. The summed E-state index contributed by atoms with van der Waals surface area (Å²) >= 11 is 12.5. The van der Waals surface area contributed by atoms with Gasteiger partial charge in [-0.2, -0.15) is 0 Å². The van der Waals surface area contributed by atoms with Gasteiger partial charge in [-0.25, -0.2) is 9.97 Å². The van der Waals surface area contributed by atoms with Gasteiger partial charge in [0, 0.05) is 79.5 Å². The molecule has 4 aromatic rings. The predicted molar refractivity (Wildman–Crippen MR) is 185 cm³/mol. The summed E-state index contributed by atoms with van der Waals surface area (Å²) in [6, 6.07) is 27.7. The van der Waals surface area contributed by atoms with Crippen molar-refractivity contribution in [2.24, 2.45) is 0 Å². The van der Waals surface area contributed by atoms with Crippen LogP contribution in [-0.2, 0) is 6.54 Å². The highest BCUT2D eigenvalue weighted by Crippen LogP contribution is 2.29. The second-order valence-electron chi connectivity index (χ2n) is 11.5. The molecule has 6 rings (SSSR count). The molecular formula is C36H40Cl2N6. The first-order valence-electron chi connectivity index (χ1n) is 15.6. The molecule has 3 aromatic carbocycles. The van der Waals surface area contributed by atoms with Crippen LogP contribution in [0.4, 0.5) is 11.5 Å². The Balaban J connectivity index is 1.13. The first kappa shape index (κ1) is 30.6. The number of piperazine rings is 2. The van der Waals surface area contributed by atoms with E-state index in [0.717, 1.165) is 97.9 Å². The number of allylic oxidation sites excluding steroid dienone is 3. The van der Waals surface area contributed by atoms with Crippen molar-refractivity contribution in [1.82, 2.24) is 19.8 Å². The molecule has 3 heterocycles. The van der Waals surface area contributed by atoms with Crippen LogP contribution in [0.2, 0.25) is 5.02 Å². The van der Waals surface area contributed by atoms with Gasteiger partial charge in [-0.05, 0) is 61.4 Å². The van der Waals surface area contributed by atoms with Crippen molar-refractivity contribution in [2.75, 3.05) is 62.2 Å². The number of rotatable bonds is 9. The molecule has 2 fully saturated rings. The summed E-state index contributed by atoms with van der Waals surface area (Å²) in [6.45, 7) is 10.4. The topological polar surface area (TPSA) is 38.7 Å². The number of aromatic nitrogens is 2. The summed E-state index contributed by atoms with van der Waals surface area (Å²) < 4.78 is 0. The van der Waals surface area contributed by atoms with E-state index in [1.165, 1.54) is 11.3 Å². The van der Waals surface area contributed by atoms with E-state index in [1.54, 1.807) is 0 Å². The Morgan fingerprint density at radius 1 is 0.795 bits per heavy atom. The van der Waals surface area contributed by atoms with Crippen LogP contribution in [0.15, 0.2) is 102 Å². The molecule has 0 bridgehead atoms. The molecule has 0 aliphatic carbocycles. The second kappa shape index (κ2) is 14.6. The molecule has 2 saturated heterocycles. The highest BCUT2D eigenvalue weighted by atomic mass is 35.5. The maximum Gasteiger partial charge on any atom is 0.145 e. The van der Waals surface area contributed by atoms with Crippen LogP contribution in [0.1, 0.15) is 30.8 Å². The van der Waals surface area contributed by atoms with Crippen molar-refractivity contribution in [2.45, 2.75) is 25.9 Å². The van der Waals surface area contributed by atoms with E-state index in [-0.39, 0.29) is 6.04 Å². The second-order valence-corrected chi connectivity index (χ2v) is 12.4. The summed E-state index contributed by atoms with van der Waals surface area (Å²) in [4.78, 5) is 20.2. The van der Waals surface area contributed by atoms with E-state index in [0.29, 0.717) is 0 Å². The Labute approximate surface area is 271 Å². The molecule has 0 amide bonds. The van der Waals surface area contributed by atoms with Crippen LogP contribution in [0, 0.1) is 0 Å². The first-order valence-corrected chi connectivity index (χ1v) is 16.3. The lowest BCUT2D eigenvalue weighted by Gasteiger charge is -2.39. The fourth-order valence-electron chi connectivity index (χ4n) is 6.25. The van der Waals surface area contributed by atoms with Gasteiger partial charge in [-0.15, -0.1) is 0 Å². The van der Waals surface area contributed by atoms with Gasteiger partial charge in [0.2, 0.25) is 0 Å². The molecule has 0 saturated carbocycles. The molecular weight excluding hydrogens is 587 g/mol. The third kappa shape index (κ3) is 7.44. The maximum absolute atomic E-state index is 6.25. The number of nitrogens with zero attached hydrogens (tertiary/aromatic N) is 6. The third-order valence-corrected chi connectivity index (χ3v) is 9.31. The van der Waals surface area contributed by atoms with E-state index in [9.17, 15) is 0 Å². The number of hydrogen-bond acceptors (Lipinski definition) is 6. The van der Waals surface area contributed by atoms with Crippen molar-refractivity contribution >= 4 is 45.6 Å². The molecule has 2 aliphatic rings. The Bertz CT molecular complexity index is 1570. The average Bonchev–Trinajstić information content (AvgIpc) is 3.08. The SMILES string of the molecule is C/C=C(Cl)\C=C/CC(c1ccc(Cl)cc1)N1CCN(Cc2nc(N3CCN(c4ccccc4)CC3)c3ccccc3n2)CC1. The minimum atomic E-state index is 0.269. The maximum atomic E-state index is 6.25. The number of halogens is 2. The van der Waals surface area contributed by atoms with Crippen molar-refractivity contribution in [3.05, 3.63) is 119 Å². The number of benzene rings is 3. The summed E-state index contributed by atoms with van der Waals surface area (Å²) in [7, 11) is 0. The molecule has 8 heteroatoms. The van der Waals surface area contributed by atoms with E-state index >= 15 is 0 Å². The molecule has 2 aliphatic heterocycles. The summed E-state index contributed by atoms with van der Waals surface area (Å²) in [5.74, 6) is 1.96. The number of para-hydroxylation sites is 2. The fourth-order valence-corrected chi connectivity index (χ4v) is 6.47. The number of hydrogen-bond donors (Lipinski definition) is 0. The van der Waals surface area contributed by atoms with E-state index in [2.05, 4.69) is 92.4 Å². The molecule has 1 aromatic heterocycles. The Morgan fingerprint density at radius 2 is 1.48 bits per heavy atom. The van der Waals surface area contributed by atoms with Crippen molar-refractivity contribution in [1.29, 1.82) is 0 Å². The van der Waals surface area contributed by atoms with Gasteiger partial charge in [-0.3, -0.25) is 9.80 Å². The molecule has 6 nitrogen and oxygen atoms in total. The Kier molecular flexibility index (Phi) is 10.1. The van der Waals surface area contributed by atoms with Gasteiger partial charge in [0.05, 0.1) is 12.1 Å². The lowest BCUT2D eigenvalue weighted by atomic mass is 10.0. The van der Waals surface area contributed by atoms with Crippen LogP contribution in [0.25, 0.3) is 10.9 Å². The standard InChI is InChI=1S/C36H40Cl2N6/c1-2-29(37)9-8-14-34(28-15-17-30(38)18-16-28)43-21-19-41(20-22-43)27-35-39-33-13-7-6-12-32(33)36(40-35)44-25-23-42(24-26-44)31-10-4-3-5-11-31/h2-13,15-18,34H,14,19-27H2,1H3/b9-8-,29-2+. The molecule has 1 atom stereocenters. The smallest absolute Gasteiger partial charge is 0.145 e. The van der Waals surface area contributed by atoms with Gasteiger partial charge in [-0.1, -0.05) is 77.8 Å². The van der Waals surface area contributed by atoms with Gasteiger partial charge in [0.1, 0.15) is 11.6 Å². The van der Waals surface area contributed by atoms with Crippen LogP contribution in [0.5, 0.6) is 0 Å². The monoisotopic (exact) mass is 626 g/mol. The third-order valence-electron chi connectivity index (χ3n) is 8.71.